The minimum Gasteiger partial charge on any atom is -0.459 e. The molecule has 1 unspecified atom stereocenters. The van der Waals surface area contributed by atoms with Crippen LogP contribution in [0.1, 0.15) is 44.3 Å². The Hall–Kier alpha value is -2.14. The van der Waals surface area contributed by atoms with Gasteiger partial charge < -0.3 is 8.94 Å². The summed E-state index contributed by atoms with van der Waals surface area (Å²) in [5.74, 6) is 2.88. The highest BCUT2D eigenvalue weighted by Gasteiger charge is 2.19. The van der Waals surface area contributed by atoms with Crippen molar-refractivity contribution in [2.75, 3.05) is 7.05 Å². The second-order valence-corrected chi connectivity index (χ2v) is 6.48. The first kappa shape index (κ1) is 15.7. The van der Waals surface area contributed by atoms with Gasteiger partial charge in [0.15, 0.2) is 5.82 Å². The molecule has 0 aliphatic rings. The largest absolute Gasteiger partial charge is 0.459 e. The molecular formula is C18H23N3O2. The van der Waals surface area contributed by atoms with Gasteiger partial charge in [-0.15, -0.1) is 0 Å². The Bertz CT molecular complexity index is 742. The zero-order valence-electron chi connectivity index (χ0n) is 14.1. The molecule has 0 radical (unpaired) electrons. The molecule has 2 aromatic heterocycles. The van der Waals surface area contributed by atoms with Crippen LogP contribution in [0.25, 0.3) is 11.0 Å². The van der Waals surface area contributed by atoms with Crippen molar-refractivity contribution in [1.82, 2.24) is 15.0 Å². The van der Waals surface area contributed by atoms with E-state index in [1.54, 1.807) is 0 Å². The van der Waals surface area contributed by atoms with Crippen molar-refractivity contribution in [3.63, 3.8) is 0 Å². The van der Waals surface area contributed by atoms with Gasteiger partial charge in [-0.05, 0) is 32.0 Å². The number of rotatable bonds is 6. The van der Waals surface area contributed by atoms with Crippen LogP contribution in [0.3, 0.4) is 0 Å². The van der Waals surface area contributed by atoms with Gasteiger partial charge in [-0.25, -0.2) is 0 Å². The summed E-state index contributed by atoms with van der Waals surface area (Å²) in [5, 5.41) is 5.16. The average molecular weight is 313 g/mol. The Morgan fingerprint density at radius 2 is 1.96 bits per heavy atom. The molecule has 0 fully saturated rings. The Morgan fingerprint density at radius 1 is 1.17 bits per heavy atom. The van der Waals surface area contributed by atoms with E-state index in [1.165, 1.54) is 0 Å². The first-order valence-corrected chi connectivity index (χ1v) is 8.03. The minimum absolute atomic E-state index is 0.128. The van der Waals surface area contributed by atoms with E-state index in [1.807, 2.05) is 25.2 Å². The smallest absolute Gasteiger partial charge is 0.240 e. The normalized spacial score (nSPS) is 13.3. The Kier molecular flexibility index (Phi) is 4.48. The number of para-hydroxylation sites is 1. The number of furan rings is 1. The molecule has 0 spiro atoms. The first-order chi connectivity index (χ1) is 11.0. The molecule has 5 nitrogen and oxygen atoms in total. The fourth-order valence-corrected chi connectivity index (χ4v) is 2.58. The van der Waals surface area contributed by atoms with Crippen LogP contribution < -0.4 is 0 Å². The lowest BCUT2D eigenvalue weighted by atomic mass is 10.1. The quantitative estimate of drug-likeness (QED) is 0.682. The second-order valence-electron chi connectivity index (χ2n) is 6.48. The van der Waals surface area contributed by atoms with Gasteiger partial charge in [0.05, 0.1) is 12.6 Å². The first-order valence-electron chi connectivity index (χ1n) is 8.03. The lowest BCUT2D eigenvalue weighted by Gasteiger charge is -2.20. The van der Waals surface area contributed by atoms with Crippen LogP contribution in [0.4, 0.5) is 0 Å². The molecule has 23 heavy (non-hydrogen) atoms. The summed E-state index contributed by atoms with van der Waals surface area (Å²) in [5.41, 5.74) is 0.916. The highest BCUT2D eigenvalue weighted by atomic mass is 16.5. The zero-order valence-corrected chi connectivity index (χ0v) is 14.1. The molecule has 0 N–H and O–H groups in total. The molecule has 0 saturated heterocycles. The lowest BCUT2D eigenvalue weighted by molar-refractivity contribution is 0.198. The minimum atomic E-state index is 0.128. The van der Waals surface area contributed by atoms with E-state index in [0.717, 1.165) is 29.0 Å². The molecule has 5 heteroatoms. The van der Waals surface area contributed by atoms with Crippen LogP contribution in [0, 0.1) is 5.92 Å². The molecule has 0 aliphatic heterocycles. The maximum atomic E-state index is 5.94. The van der Waals surface area contributed by atoms with Crippen molar-refractivity contribution in [1.29, 1.82) is 0 Å². The van der Waals surface area contributed by atoms with Gasteiger partial charge in [0.25, 0.3) is 0 Å². The van der Waals surface area contributed by atoms with Crippen LogP contribution in [0.5, 0.6) is 0 Å². The van der Waals surface area contributed by atoms with Crippen LogP contribution >= 0.6 is 0 Å². The van der Waals surface area contributed by atoms with Gasteiger partial charge in [0.1, 0.15) is 11.3 Å². The van der Waals surface area contributed by atoms with E-state index < -0.39 is 0 Å². The van der Waals surface area contributed by atoms with E-state index >= 15 is 0 Å². The van der Waals surface area contributed by atoms with Gasteiger partial charge in [-0.2, -0.15) is 4.98 Å². The number of fused-ring (bicyclic) bond motifs is 1. The molecule has 1 atom stereocenters. The maximum Gasteiger partial charge on any atom is 0.240 e. The highest BCUT2D eigenvalue weighted by Crippen LogP contribution is 2.27. The van der Waals surface area contributed by atoms with Gasteiger partial charge in [-0.1, -0.05) is 37.2 Å². The van der Waals surface area contributed by atoms with Crippen molar-refractivity contribution < 1.29 is 8.94 Å². The number of aromatic nitrogens is 2. The molecule has 0 saturated carbocycles. The molecule has 1 aromatic carbocycles. The fourth-order valence-electron chi connectivity index (χ4n) is 2.58. The van der Waals surface area contributed by atoms with E-state index in [2.05, 4.69) is 47.9 Å². The third-order valence-corrected chi connectivity index (χ3v) is 4.00. The van der Waals surface area contributed by atoms with Gasteiger partial charge in [-0.3, -0.25) is 4.90 Å². The molecule has 3 rings (SSSR count). The van der Waals surface area contributed by atoms with Gasteiger partial charge in [0, 0.05) is 11.8 Å². The molecule has 0 bridgehead atoms. The standard InChI is InChI=1S/C18H23N3O2/c1-12(2)9-17-19-18(23-20-17)11-21(4)13(3)16-10-14-7-5-6-8-15(14)22-16/h5-8,10,12-13H,9,11H2,1-4H3. The molecule has 2 heterocycles. The zero-order chi connectivity index (χ0) is 16.4. The van der Waals surface area contributed by atoms with Crippen LogP contribution in [-0.2, 0) is 13.0 Å². The molecule has 3 aromatic rings. The summed E-state index contributed by atoms with van der Waals surface area (Å²) in [7, 11) is 2.03. The predicted octanol–water partition coefficient (Wildman–Crippen LogP) is 4.21. The van der Waals surface area contributed by atoms with E-state index in [4.69, 9.17) is 8.94 Å². The second kappa shape index (κ2) is 6.54. The van der Waals surface area contributed by atoms with Crippen LogP contribution in [-0.4, -0.2) is 22.1 Å². The summed E-state index contributed by atoms with van der Waals surface area (Å²) in [6, 6.07) is 10.3. The molecule has 0 aliphatic carbocycles. The highest BCUT2D eigenvalue weighted by molar-refractivity contribution is 5.77. The van der Waals surface area contributed by atoms with Crippen LogP contribution in [0.2, 0.25) is 0 Å². The third-order valence-electron chi connectivity index (χ3n) is 4.00. The Morgan fingerprint density at radius 3 is 2.70 bits per heavy atom. The molecule has 0 amide bonds. The number of nitrogens with zero attached hydrogens (tertiary/aromatic N) is 3. The van der Waals surface area contributed by atoms with Gasteiger partial charge in [0.2, 0.25) is 5.89 Å². The van der Waals surface area contributed by atoms with E-state index in [9.17, 15) is 0 Å². The average Bonchev–Trinajstić information content (AvgIpc) is 3.12. The predicted molar refractivity (Wildman–Crippen MR) is 88.9 cm³/mol. The number of hydrogen-bond acceptors (Lipinski definition) is 5. The number of hydrogen-bond donors (Lipinski definition) is 0. The molecular weight excluding hydrogens is 290 g/mol. The summed E-state index contributed by atoms with van der Waals surface area (Å²) in [4.78, 5) is 6.60. The van der Waals surface area contributed by atoms with Crippen molar-refractivity contribution in [3.8, 4) is 0 Å². The van der Waals surface area contributed by atoms with Crippen molar-refractivity contribution >= 4 is 11.0 Å². The summed E-state index contributed by atoms with van der Waals surface area (Å²) >= 11 is 0. The third kappa shape index (κ3) is 3.62. The lowest BCUT2D eigenvalue weighted by Crippen LogP contribution is -2.21. The monoisotopic (exact) mass is 313 g/mol. The summed E-state index contributed by atoms with van der Waals surface area (Å²) in [6.07, 6.45) is 0.840. The van der Waals surface area contributed by atoms with Crippen LogP contribution in [0.15, 0.2) is 39.3 Å². The topological polar surface area (TPSA) is 55.3 Å². The fraction of sp³-hybridized carbons (Fsp3) is 0.444. The Labute approximate surface area is 136 Å². The summed E-state index contributed by atoms with van der Waals surface area (Å²) < 4.78 is 11.3. The van der Waals surface area contributed by atoms with E-state index in [-0.39, 0.29) is 6.04 Å². The SMILES string of the molecule is CC(C)Cc1noc(CN(C)C(C)c2cc3ccccc3o2)n1. The van der Waals surface area contributed by atoms with Crippen molar-refractivity contribution in [3.05, 3.63) is 47.8 Å². The Balaban J connectivity index is 1.69. The van der Waals surface area contributed by atoms with Gasteiger partial charge >= 0.3 is 0 Å². The van der Waals surface area contributed by atoms with Crippen molar-refractivity contribution in [2.24, 2.45) is 5.92 Å². The molecule has 122 valence electrons. The number of benzene rings is 1. The van der Waals surface area contributed by atoms with E-state index in [0.29, 0.717) is 18.4 Å². The summed E-state index contributed by atoms with van der Waals surface area (Å²) in [6.45, 7) is 7.00. The maximum absolute atomic E-state index is 5.94. The van der Waals surface area contributed by atoms with Crippen molar-refractivity contribution in [2.45, 2.75) is 39.8 Å².